The van der Waals surface area contributed by atoms with E-state index in [2.05, 4.69) is 26.6 Å². The van der Waals surface area contributed by atoms with Gasteiger partial charge in [-0.2, -0.15) is 0 Å². The van der Waals surface area contributed by atoms with Gasteiger partial charge in [0.05, 0.1) is 12.5 Å². The van der Waals surface area contributed by atoms with E-state index in [-0.39, 0.29) is 6.04 Å². The van der Waals surface area contributed by atoms with Crippen LogP contribution in [0.1, 0.15) is 24.9 Å². The van der Waals surface area contributed by atoms with Crippen molar-refractivity contribution < 1.29 is 24.6 Å². The fourth-order valence-corrected chi connectivity index (χ4v) is 2.05. The smallest absolute Gasteiger partial charge is 0.326 e. The van der Waals surface area contributed by atoms with Crippen molar-refractivity contribution in [2.75, 3.05) is 0 Å². The van der Waals surface area contributed by atoms with Gasteiger partial charge < -0.3 is 20.8 Å². The fraction of sp³-hybridized carbons (Fsp3) is 0.308. The number of halogens is 1. The zero-order valence-corrected chi connectivity index (χ0v) is 12.8. The number of urea groups is 1. The number of carboxylic acid groups (broad SMARTS) is 2. The van der Waals surface area contributed by atoms with Crippen molar-refractivity contribution in [3.63, 3.8) is 0 Å². The monoisotopic (exact) mass is 358 g/mol. The fourth-order valence-electron chi connectivity index (χ4n) is 1.63. The molecule has 2 unspecified atom stereocenters. The summed E-state index contributed by atoms with van der Waals surface area (Å²) in [5, 5.41) is 22.1. The van der Waals surface area contributed by atoms with E-state index in [0.29, 0.717) is 0 Å². The molecule has 0 heterocycles. The first-order valence-corrected chi connectivity index (χ1v) is 6.86. The van der Waals surface area contributed by atoms with Crippen LogP contribution in [0.5, 0.6) is 0 Å². The van der Waals surface area contributed by atoms with Crippen LogP contribution in [0.4, 0.5) is 4.79 Å². The van der Waals surface area contributed by atoms with Gasteiger partial charge in [-0.05, 0) is 24.6 Å². The van der Waals surface area contributed by atoms with Gasteiger partial charge in [0, 0.05) is 4.47 Å². The summed E-state index contributed by atoms with van der Waals surface area (Å²) in [6, 6.07) is 4.69. The molecule has 0 saturated heterocycles. The number of hydrogen-bond acceptors (Lipinski definition) is 3. The second kappa shape index (κ2) is 7.63. The molecule has 0 aliphatic rings. The number of carboxylic acids is 2. The van der Waals surface area contributed by atoms with Crippen LogP contribution in [0.15, 0.2) is 28.7 Å². The largest absolute Gasteiger partial charge is 0.481 e. The van der Waals surface area contributed by atoms with E-state index in [9.17, 15) is 14.4 Å². The molecule has 0 aromatic heterocycles. The van der Waals surface area contributed by atoms with Gasteiger partial charge in [0.1, 0.15) is 6.04 Å². The lowest BCUT2D eigenvalue weighted by molar-refractivity contribution is -0.145. The second-order valence-corrected chi connectivity index (χ2v) is 5.30. The Morgan fingerprint density at radius 1 is 1.24 bits per heavy atom. The maximum Gasteiger partial charge on any atom is 0.326 e. The van der Waals surface area contributed by atoms with Crippen molar-refractivity contribution in [1.29, 1.82) is 0 Å². The highest BCUT2D eigenvalue weighted by Crippen LogP contribution is 2.17. The summed E-state index contributed by atoms with van der Waals surface area (Å²) in [4.78, 5) is 33.1. The molecule has 0 bridgehead atoms. The Hall–Kier alpha value is -2.09. The number of amides is 2. The lowest BCUT2D eigenvalue weighted by Crippen LogP contribution is -2.47. The van der Waals surface area contributed by atoms with Crippen LogP contribution < -0.4 is 10.6 Å². The van der Waals surface area contributed by atoms with Gasteiger partial charge in [0.25, 0.3) is 0 Å². The number of carbonyl (C=O) groups is 3. The molecule has 0 aliphatic carbocycles. The van der Waals surface area contributed by atoms with E-state index < -0.39 is 30.4 Å². The van der Waals surface area contributed by atoms with E-state index in [4.69, 9.17) is 10.2 Å². The zero-order valence-electron chi connectivity index (χ0n) is 11.2. The van der Waals surface area contributed by atoms with Gasteiger partial charge in [-0.3, -0.25) is 4.79 Å². The molecular weight excluding hydrogens is 344 g/mol. The van der Waals surface area contributed by atoms with Crippen LogP contribution in [-0.4, -0.2) is 34.2 Å². The highest BCUT2D eigenvalue weighted by atomic mass is 79.9. The topological polar surface area (TPSA) is 116 Å². The van der Waals surface area contributed by atoms with E-state index in [1.165, 1.54) is 0 Å². The maximum atomic E-state index is 11.7. The third-order valence-electron chi connectivity index (χ3n) is 2.68. The lowest BCUT2D eigenvalue weighted by Gasteiger charge is -2.18. The molecular formula is C13H15BrN2O5. The van der Waals surface area contributed by atoms with Crippen molar-refractivity contribution in [1.82, 2.24) is 10.6 Å². The first-order valence-electron chi connectivity index (χ1n) is 6.06. The molecule has 114 valence electrons. The molecule has 7 nitrogen and oxygen atoms in total. The Morgan fingerprint density at radius 2 is 1.90 bits per heavy atom. The number of aliphatic carboxylic acids is 2. The van der Waals surface area contributed by atoms with Crippen LogP contribution in [0.25, 0.3) is 0 Å². The molecule has 1 aromatic rings. The Kier molecular flexibility index (Phi) is 6.16. The van der Waals surface area contributed by atoms with Gasteiger partial charge >= 0.3 is 18.0 Å². The molecule has 0 spiro atoms. The Morgan fingerprint density at radius 3 is 2.43 bits per heavy atom. The van der Waals surface area contributed by atoms with Crippen molar-refractivity contribution in [2.24, 2.45) is 0 Å². The Bertz CT molecular complexity index is 549. The molecule has 2 amide bonds. The van der Waals surface area contributed by atoms with Crippen LogP contribution in [0.2, 0.25) is 0 Å². The number of carbonyl (C=O) groups excluding carboxylic acids is 1. The van der Waals surface area contributed by atoms with Crippen LogP contribution in [0, 0.1) is 0 Å². The summed E-state index contributed by atoms with van der Waals surface area (Å²) in [5.41, 5.74) is 0.824. The first kappa shape index (κ1) is 17.0. The van der Waals surface area contributed by atoms with Crippen LogP contribution in [0.3, 0.4) is 0 Å². The molecule has 8 heteroatoms. The van der Waals surface area contributed by atoms with Gasteiger partial charge in [-0.15, -0.1) is 0 Å². The van der Waals surface area contributed by atoms with E-state index >= 15 is 0 Å². The number of nitrogens with one attached hydrogen (secondary N) is 2. The third-order valence-corrected chi connectivity index (χ3v) is 3.17. The summed E-state index contributed by atoms with van der Waals surface area (Å²) in [6.45, 7) is 1.73. The van der Waals surface area contributed by atoms with Crippen LogP contribution >= 0.6 is 15.9 Å². The Labute approximate surface area is 129 Å². The molecule has 21 heavy (non-hydrogen) atoms. The summed E-state index contributed by atoms with van der Waals surface area (Å²) in [6.07, 6.45) is -0.686. The molecule has 1 rings (SSSR count). The average molecular weight is 359 g/mol. The molecule has 0 fully saturated rings. The molecule has 1 aromatic carbocycles. The van der Waals surface area contributed by atoms with Crippen LogP contribution in [-0.2, 0) is 9.59 Å². The molecule has 2 atom stereocenters. The SMILES string of the molecule is CC(NC(=O)NC(CC(=O)O)C(=O)O)c1cccc(Br)c1. The standard InChI is InChI=1S/C13H15BrN2O5/c1-7(8-3-2-4-9(14)5-8)15-13(21)16-10(12(19)20)6-11(17)18/h2-5,7,10H,6H2,1H3,(H,17,18)(H,19,20)(H2,15,16,21). The number of rotatable bonds is 6. The Balaban J connectivity index is 2.63. The average Bonchev–Trinajstić information content (AvgIpc) is 2.37. The third kappa shape index (κ3) is 5.82. The van der Waals surface area contributed by atoms with Gasteiger partial charge in [-0.1, -0.05) is 28.1 Å². The van der Waals surface area contributed by atoms with E-state index in [0.717, 1.165) is 10.0 Å². The second-order valence-electron chi connectivity index (χ2n) is 4.38. The maximum absolute atomic E-state index is 11.7. The minimum absolute atomic E-state index is 0.359. The number of hydrogen-bond donors (Lipinski definition) is 4. The predicted octanol–water partition coefficient (Wildman–Crippen LogP) is 1.74. The first-order chi connectivity index (χ1) is 9.79. The summed E-state index contributed by atoms with van der Waals surface area (Å²) in [5.74, 6) is -2.70. The highest BCUT2D eigenvalue weighted by molar-refractivity contribution is 9.10. The van der Waals surface area contributed by atoms with Crippen molar-refractivity contribution in [3.05, 3.63) is 34.3 Å². The lowest BCUT2D eigenvalue weighted by atomic mass is 10.1. The van der Waals surface area contributed by atoms with Crippen molar-refractivity contribution >= 4 is 33.9 Å². The minimum Gasteiger partial charge on any atom is -0.481 e. The quantitative estimate of drug-likeness (QED) is 0.618. The molecule has 0 saturated carbocycles. The van der Waals surface area contributed by atoms with E-state index in [1.54, 1.807) is 13.0 Å². The normalized spacial score (nSPS) is 13.0. The minimum atomic E-state index is -1.47. The summed E-state index contributed by atoms with van der Waals surface area (Å²) >= 11 is 3.31. The number of benzene rings is 1. The molecule has 4 N–H and O–H groups in total. The van der Waals surface area contributed by atoms with Gasteiger partial charge in [0.15, 0.2) is 0 Å². The highest BCUT2D eigenvalue weighted by Gasteiger charge is 2.23. The molecule has 0 radical (unpaired) electrons. The summed E-state index contributed by atoms with van der Waals surface area (Å²) < 4.78 is 0.850. The van der Waals surface area contributed by atoms with Gasteiger partial charge in [0.2, 0.25) is 0 Å². The molecule has 0 aliphatic heterocycles. The zero-order chi connectivity index (χ0) is 16.0. The van der Waals surface area contributed by atoms with E-state index in [1.807, 2.05) is 18.2 Å². The predicted molar refractivity (Wildman–Crippen MR) is 77.9 cm³/mol. The van der Waals surface area contributed by atoms with Gasteiger partial charge in [-0.25, -0.2) is 9.59 Å². The van der Waals surface area contributed by atoms with Crippen molar-refractivity contribution in [3.8, 4) is 0 Å². The van der Waals surface area contributed by atoms with Crippen molar-refractivity contribution in [2.45, 2.75) is 25.4 Å². The summed E-state index contributed by atoms with van der Waals surface area (Å²) in [7, 11) is 0.